The molecule has 8 nitrogen and oxygen atoms in total. The third-order valence-electron chi connectivity index (χ3n) is 4.92. The maximum absolute atomic E-state index is 13.1. The van der Waals surface area contributed by atoms with E-state index in [1.165, 1.54) is 58.7 Å². The summed E-state index contributed by atoms with van der Waals surface area (Å²) in [4.78, 5) is 12.6. The van der Waals surface area contributed by atoms with Crippen LogP contribution in [0.15, 0.2) is 65.6 Å². The molecule has 0 saturated carbocycles. The summed E-state index contributed by atoms with van der Waals surface area (Å²) in [5, 5.41) is 3.11. The highest BCUT2D eigenvalue weighted by Gasteiger charge is 2.23. The molecule has 33 heavy (non-hydrogen) atoms. The first-order valence-corrected chi connectivity index (χ1v) is 11.5. The molecule has 3 aromatic carbocycles. The third-order valence-corrected chi connectivity index (χ3v) is 6.99. The van der Waals surface area contributed by atoms with Crippen LogP contribution in [-0.2, 0) is 10.0 Å². The fraction of sp³-hybridized carbons (Fsp3) is 0.174. The molecule has 0 heterocycles. The highest BCUT2D eigenvalue weighted by atomic mass is 35.5. The van der Waals surface area contributed by atoms with Gasteiger partial charge in [0.2, 0.25) is 0 Å². The predicted octanol–water partition coefficient (Wildman–Crippen LogP) is 4.44. The second-order valence-corrected chi connectivity index (χ2v) is 9.22. The average molecular weight is 491 g/mol. The zero-order valence-corrected chi connectivity index (χ0v) is 20.0. The monoisotopic (exact) mass is 490 g/mol. The number of hydrogen-bond donors (Lipinski definition) is 1. The van der Waals surface area contributed by atoms with Crippen molar-refractivity contribution in [2.45, 2.75) is 4.90 Å². The zero-order valence-electron chi connectivity index (χ0n) is 18.5. The Balaban J connectivity index is 1.78. The Morgan fingerprint density at radius 1 is 0.848 bits per heavy atom. The Kier molecular flexibility index (Phi) is 7.35. The summed E-state index contributed by atoms with van der Waals surface area (Å²) in [6, 6.07) is 15.4. The van der Waals surface area contributed by atoms with Gasteiger partial charge in [-0.1, -0.05) is 11.6 Å². The second kappa shape index (κ2) is 10.0. The molecule has 174 valence electrons. The summed E-state index contributed by atoms with van der Waals surface area (Å²) < 4.78 is 42.7. The third kappa shape index (κ3) is 5.15. The molecule has 0 fully saturated rings. The van der Waals surface area contributed by atoms with Crippen molar-refractivity contribution < 1.29 is 27.4 Å². The van der Waals surface area contributed by atoms with E-state index in [0.717, 1.165) is 4.31 Å². The molecule has 0 bridgehead atoms. The second-order valence-electron chi connectivity index (χ2n) is 6.84. The lowest BCUT2D eigenvalue weighted by molar-refractivity contribution is 0.102. The van der Waals surface area contributed by atoms with Gasteiger partial charge in [-0.25, -0.2) is 8.42 Å². The SMILES string of the molecule is COc1ccc(NC(=O)c2ccc(N(C)S(=O)(=O)c3ccc(OC)c(OC)c3)cc2)cc1Cl. The molecule has 0 aliphatic rings. The summed E-state index contributed by atoms with van der Waals surface area (Å²) in [6.45, 7) is 0. The van der Waals surface area contributed by atoms with Crippen molar-refractivity contribution in [2.24, 2.45) is 0 Å². The fourth-order valence-electron chi connectivity index (χ4n) is 3.04. The molecule has 0 unspecified atom stereocenters. The van der Waals surface area contributed by atoms with Crippen molar-refractivity contribution in [3.05, 3.63) is 71.2 Å². The summed E-state index contributed by atoms with van der Waals surface area (Å²) in [6.07, 6.45) is 0. The topological polar surface area (TPSA) is 94.2 Å². The number of nitrogens with zero attached hydrogens (tertiary/aromatic N) is 1. The van der Waals surface area contributed by atoms with Gasteiger partial charge in [0.15, 0.2) is 11.5 Å². The van der Waals surface area contributed by atoms with Crippen LogP contribution < -0.4 is 23.8 Å². The molecule has 1 N–H and O–H groups in total. The number of amides is 1. The van der Waals surface area contributed by atoms with Gasteiger partial charge in [0, 0.05) is 24.4 Å². The highest BCUT2D eigenvalue weighted by molar-refractivity contribution is 7.92. The number of ether oxygens (including phenoxy) is 3. The van der Waals surface area contributed by atoms with E-state index in [1.54, 1.807) is 30.3 Å². The maximum atomic E-state index is 13.1. The molecule has 0 aliphatic heterocycles. The standard InChI is InChI=1S/C23H23ClN2O6S/c1-26(33(28,29)18-10-12-21(31-3)22(14-18)32-4)17-8-5-15(6-9-17)23(27)25-16-7-11-20(30-2)19(24)13-16/h5-14H,1-4H3,(H,25,27). The number of carbonyl (C=O) groups excluding carboxylic acids is 1. The van der Waals surface area contributed by atoms with Gasteiger partial charge in [0.05, 0.1) is 36.9 Å². The number of sulfonamides is 1. The summed E-state index contributed by atoms with van der Waals surface area (Å²) in [5.41, 5.74) is 1.24. The molecule has 0 saturated heterocycles. The van der Waals surface area contributed by atoms with Gasteiger partial charge in [-0.3, -0.25) is 9.10 Å². The molecule has 10 heteroatoms. The number of carbonyl (C=O) groups is 1. The Morgan fingerprint density at radius 2 is 1.45 bits per heavy atom. The zero-order chi connectivity index (χ0) is 24.2. The van der Waals surface area contributed by atoms with Crippen LogP contribution in [-0.4, -0.2) is 42.7 Å². The lowest BCUT2D eigenvalue weighted by Gasteiger charge is -2.20. The number of methoxy groups -OCH3 is 3. The van der Waals surface area contributed by atoms with E-state index in [0.29, 0.717) is 39.2 Å². The van der Waals surface area contributed by atoms with Gasteiger partial charge in [0.25, 0.3) is 15.9 Å². The van der Waals surface area contributed by atoms with Gasteiger partial charge in [0.1, 0.15) is 5.75 Å². The van der Waals surface area contributed by atoms with E-state index >= 15 is 0 Å². The Morgan fingerprint density at radius 3 is 2.03 bits per heavy atom. The summed E-state index contributed by atoms with van der Waals surface area (Å²) >= 11 is 6.09. The molecule has 3 rings (SSSR count). The number of benzene rings is 3. The first kappa shape index (κ1) is 24.2. The van der Waals surface area contributed by atoms with Crippen LogP contribution in [0.3, 0.4) is 0 Å². The first-order valence-electron chi connectivity index (χ1n) is 9.67. The van der Waals surface area contributed by atoms with Crippen molar-refractivity contribution in [3.63, 3.8) is 0 Å². The molecular weight excluding hydrogens is 468 g/mol. The number of halogens is 1. The molecule has 0 atom stereocenters. The molecule has 0 aromatic heterocycles. The van der Waals surface area contributed by atoms with Crippen molar-refractivity contribution in [2.75, 3.05) is 38.0 Å². The van der Waals surface area contributed by atoms with Crippen LogP contribution in [0.25, 0.3) is 0 Å². The predicted molar refractivity (Wildman–Crippen MR) is 128 cm³/mol. The highest BCUT2D eigenvalue weighted by Crippen LogP contribution is 2.32. The molecule has 3 aromatic rings. The lowest BCUT2D eigenvalue weighted by Crippen LogP contribution is -2.26. The Hall–Kier alpha value is -3.43. The number of anilines is 2. The molecular formula is C23H23ClN2O6S. The Labute approximate surface area is 197 Å². The quantitative estimate of drug-likeness (QED) is 0.501. The van der Waals surface area contributed by atoms with Gasteiger partial charge in [-0.05, 0) is 54.6 Å². The van der Waals surface area contributed by atoms with Gasteiger partial charge in [-0.15, -0.1) is 0 Å². The number of nitrogens with one attached hydrogen (secondary N) is 1. The van der Waals surface area contributed by atoms with Crippen LogP contribution in [0.4, 0.5) is 11.4 Å². The largest absolute Gasteiger partial charge is 0.495 e. The van der Waals surface area contributed by atoms with Crippen LogP contribution in [0.5, 0.6) is 17.2 Å². The fourth-order valence-corrected chi connectivity index (χ4v) is 4.51. The van der Waals surface area contributed by atoms with Gasteiger partial charge < -0.3 is 19.5 Å². The van der Waals surface area contributed by atoms with Crippen LogP contribution in [0.1, 0.15) is 10.4 Å². The average Bonchev–Trinajstić information content (AvgIpc) is 2.83. The smallest absolute Gasteiger partial charge is 0.264 e. The van der Waals surface area contributed by atoms with E-state index in [1.807, 2.05) is 0 Å². The normalized spacial score (nSPS) is 10.9. The minimum atomic E-state index is -3.87. The van der Waals surface area contributed by atoms with Gasteiger partial charge >= 0.3 is 0 Å². The molecule has 0 spiro atoms. The van der Waals surface area contributed by atoms with Crippen molar-refractivity contribution in [1.29, 1.82) is 0 Å². The van der Waals surface area contributed by atoms with E-state index in [4.69, 9.17) is 25.8 Å². The Bertz CT molecular complexity index is 1260. The van der Waals surface area contributed by atoms with E-state index < -0.39 is 10.0 Å². The van der Waals surface area contributed by atoms with Gasteiger partial charge in [-0.2, -0.15) is 0 Å². The van der Waals surface area contributed by atoms with E-state index in [-0.39, 0.29) is 10.8 Å². The number of rotatable bonds is 8. The van der Waals surface area contributed by atoms with Crippen molar-refractivity contribution in [1.82, 2.24) is 0 Å². The van der Waals surface area contributed by atoms with Crippen molar-refractivity contribution in [3.8, 4) is 17.2 Å². The van der Waals surface area contributed by atoms with Crippen LogP contribution >= 0.6 is 11.6 Å². The van der Waals surface area contributed by atoms with Crippen LogP contribution in [0.2, 0.25) is 5.02 Å². The lowest BCUT2D eigenvalue weighted by atomic mass is 10.2. The summed E-state index contributed by atoms with van der Waals surface area (Å²) in [5.74, 6) is 0.858. The van der Waals surface area contributed by atoms with E-state index in [2.05, 4.69) is 5.32 Å². The molecule has 0 aliphatic carbocycles. The number of hydrogen-bond acceptors (Lipinski definition) is 6. The molecule has 1 amide bonds. The summed E-state index contributed by atoms with van der Waals surface area (Å²) in [7, 11) is 1.97. The molecule has 0 radical (unpaired) electrons. The van der Waals surface area contributed by atoms with Crippen molar-refractivity contribution >= 4 is 38.9 Å². The van der Waals surface area contributed by atoms with E-state index in [9.17, 15) is 13.2 Å². The minimum absolute atomic E-state index is 0.0425. The first-order chi connectivity index (χ1) is 15.7. The maximum Gasteiger partial charge on any atom is 0.264 e. The minimum Gasteiger partial charge on any atom is -0.495 e. The van der Waals surface area contributed by atoms with Crippen LogP contribution in [0, 0.1) is 0 Å².